The fourth-order valence-corrected chi connectivity index (χ4v) is 4.17. The third kappa shape index (κ3) is 3.93. The lowest BCUT2D eigenvalue weighted by Gasteiger charge is -2.16. The monoisotopic (exact) mass is 466 g/mol. The lowest BCUT2D eigenvalue weighted by molar-refractivity contribution is -0.119. The Morgan fingerprint density at radius 3 is 2.37 bits per heavy atom. The zero-order valence-corrected chi connectivity index (χ0v) is 20.1. The van der Waals surface area contributed by atoms with E-state index in [0.717, 1.165) is 22.5 Å². The van der Waals surface area contributed by atoms with Gasteiger partial charge in [-0.3, -0.25) is 9.59 Å². The molecule has 3 aromatic heterocycles. The first kappa shape index (κ1) is 22.3. The molecule has 0 saturated carbocycles. The molecule has 5 aromatic rings. The molecule has 3 heterocycles. The number of anilines is 1. The number of para-hydroxylation sites is 1. The lowest BCUT2D eigenvalue weighted by Crippen LogP contribution is -2.34. The summed E-state index contributed by atoms with van der Waals surface area (Å²) in [5.74, 6) is 0.285. The van der Waals surface area contributed by atoms with Gasteiger partial charge in [0.1, 0.15) is 16.9 Å². The lowest BCUT2D eigenvalue weighted by atomic mass is 10.1. The molecule has 1 atom stereocenters. The van der Waals surface area contributed by atoms with Crippen LogP contribution in [0.4, 0.5) is 5.69 Å². The third-order valence-corrected chi connectivity index (χ3v) is 6.13. The van der Waals surface area contributed by atoms with Crippen LogP contribution in [0.1, 0.15) is 29.8 Å². The zero-order chi connectivity index (χ0) is 24.7. The van der Waals surface area contributed by atoms with Gasteiger partial charge in [-0.1, -0.05) is 30.3 Å². The highest BCUT2D eigenvalue weighted by Crippen LogP contribution is 2.25. The molecule has 8 heteroatoms. The van der Waals surface area contributed by atoms with Gasteiger partial charge < -0.3 is 9.88 Å². The van der Waals surface area contributed by atoms with Crippen LogP contribution in [0.25, 0.3) is 22.4 Å². The van der Waals surface area contributed by atoms with Crippen molar-refractivity contribution in [2.24, 2.45) is 0 Å². The second kappa shape index (κ2) is 8.72. The maximum atomic E-state index is 13.8. The molecule has 35 heavy (non-hydrogen) atoms. The van der Waals surface area contributed by atoms with E-state index in [0.29, 0.717) is 22.4 Å². The normalized spacial score (nSPS) is 12.1. The predicted octanol–water partition coefficient (Wildman–Crippen LogP) is 4.50. The summed E-state index contributed by atoms with van der Waals surface area (Å²) in [6, 6.07) is 18.4. The number of rotatable bonds is 5. The summed E-state index contributed by atoms with van der Waals surface area (Å²) in [6.07, 6.45) is 3.73. The van der Waals surface area contributed by atoms with E-state index in [1.54, 1.807) is 18.5 Å². The average Bonchev–Trinajstić information content (AvgIpc) is 3.52. The van der Waals surface area contributed by atoms with Crippen LogP contribution in [-0.2, 0) is 4.79 Å². The molecular weight excluding hydrogens is 440 g/mol. The quantitative estimate of drug-likeness (QED) is 0.413. The Bertz CT molecular complexity index is 1600. The van der Waals surface area contributed by atoms with E-state index in [1.807, 2.05) is 91.5 Å². The molecule has 8 nitrogen and oxygen atoms in total. The van der Waals surface area contributed by atoms with Crippen LogP contribution in [0.5, 0.6) is 0 Å². The SMILES string of the molecule is Cc1ccc(C)c(NC(=O)C(C)n2nc(C)c3nn(-c4ccccc4)c(-n4cccc4)c3c2=O)c1. The highest BCUT2D eigenvalue weighted by Gasteiger charge is 2.25. The van der Waals surface area contributed by atoms with E-state index in [2.05, 4.69) is 10.4 Å². The first-order valence-electron chi connectivity index (χ1n) is 11.4. The first-order valence-corrected chi connectivity index (χ1v) is 11.4. The van der Waals surface area contributed by atoms with Gasteiger partial charge in [-0.05, 0) is 69.2 Å². The van der Waals surface area contributed by atoms with Crippen molar-refractivity contribution in [3.63, 3.8) is 0 Å². The fourth-order valence-electron chi connectivity index (χ4n) is 4.17. The Kier molecular flexibility index (Phi) is 5.56. The Morgan fingerprint density at radius 2 is 1.66 bits per heavy atom. The van der Waals surface area contributed by atoms with Crippen LogP contribution in [0.3, 0.4) is 0 Å². The van der Waals surface area contributed by atoms with Gasteiger partial charge in [0.25, 0.3) is 5.56 Å². The summed E-state index contributed by atoms with van der Waals surface area (Å²) >= 11 is 0. The molecule has 5 rings (SSSR count). The number of nitrogens with zero attached hydrogens (tertiary/aromatic N) is 5. The number of nitrogens with one attached hydrogen (secondary N) is 1. The summed E-state index contributed by atoms with van der Waals surface area (Å²) < 4.78 is 4.85. The smallest absolute Gasteiger partial charge is 0.280 e. The number of aryl methyl sites for hydroxylation is 3. The maximum Gasteiger partial charge on any atom is 0.280 e. The van der Waals surface area contributed by atoms with E-state index in [4.69, 9.17) is 5.10 Å². The molecule has 0 bridgehead atoms. The topological polar surface area (TPSA) is 86.7 Å². The zero-order valence-electron chi connectivity index (χ0n) is 20.1. The second-order valence-corrected chi connectivity index (χ2v) is 8.70. The second-order valence-electron chi connectivity index (χ2n) is 8.70. The highest BCUT2D eigenvalue weighted by molar-refractivity contribution is 5.94. The van der Waals surface area contributed by atoms with Crippen LogP contribution in [0.2, 0.25) is 0 Å². The number of amides is 1. The highest BCUT2D eigenvalue weighted by atomic mass is 16.2. The van der Waals surface area contributed by atoms with Crippen molar-refractivity contribution in [2.45, 2.75) is 33.7 Å². The van der Waals surface area contributed by atoms with Gasteiger partial charge in [0.15, 0.2) is 5.82 Å². The van der Waals surface area contributed by atoms with Crippen LogP contribution in [0, 0.1) is 20.8 Å². The van der Waals surface area contributed by atoms with Gasteiger partial charge in [-0.2, -0.15) is 10.2 Å². The van der Waals surface area contributed by atoms with E-state index in [-0.39, 0.29) is 11.5 Å². The molecule has 0 fully saturated rings. The minimum absolute atomic E-state index is 0.315. The third-order valence-electron chi connectivity index (χ3n) is 6.13. The summed E-state index contributed by atoms with van der Waals surface area (Å²) in [4.78, 5) is 27.0. The predicted molar refractivity (Wildman–Crippen MR) is 136 cm³/mol. The molecule has 2 aromatic carbocycles. The largest absolute Gasteiger partial charge is 0.324 e. The van der Waals surface area contributed by atoms with Crippen molar-refractivity contribution in [3.05, 3.63) is 100 Å². The summed E-state index contributed by atoms with van der Waals surface area (Å²) in [5, 5.41) is 12.6. The molecule has 0 aliphatic rings. The summed E-state index contributed by atoms with van der Waals surface area (Å²) in [6.45, 7) is 7.38. The number of carbonyl (C=O) groups excluding carboxylic acids is 1. The van der Waals surface area contributed by atoms with Crippen molar-refractivity contribution in [2.75, 3.05) is 5.32 Å². The molecule has 176 valence electrons. The number of benzene rings is 2. The van der Waals surface area contributed by atoms with Crippen molar-refractivity contribution in [1.29, 1.82) is 0 Å². The van der Waals surface area contributed by atoms with Crippen molar-refractivity contribution >= 4 is 22.5 Å². The van der Waals surface area contributed by atoms with E-state index < -0.39 is 6.04 Å². The van der Waals surface area contributed by atoms with Gasteiger partial charge in [-0.25, -0.2) is 9.36 Å². The molecule has 0 aliphatic carbocycles. The Morgan fingerprint density at radius 1 is 0.943 bits per heavy atom. The fraction of sp³-hybridized carbons (Fsp3) is 0.185. The Balaban J connectivity index is 1.66. The number of hydrogen-bond donors (Lipinski definition) is 1. The van der Waals surface area contributed by atoms with Crippen LogP contribution < -0.4 is 10.9 Å². The molecule has 0 spiro atoms. The molecule has 0 radical (unpaired) electrons. The van der Waals surface area contributed by atoms with Crippen molar-refractivity contribution in [3.8, 4) is 11.5 Å². The average molecular weight is 467 g/mol. The van der Waals surface area contributed by atoms with Gasteiger partial charge >= 0.3 is 0 Å². The van der Waals surface area contributed by atoms with Crippen LogP contribution >= 0.6 is 0 Å². The van der Waals surface area contributed by atoms with Gasteiger partial charge in [0, 0.05) is 18.1 Å². The van der Waals surface area contributed by atoms with Crippen molar-refractivity contribution < 1.29 is 4.79 Å². The summed E-state index contributed by atoms with van der Waals surface area (Å²) in [7, 11) is 0. The molecule has 1 amide bonds. The maximum absolute atomic E-state index is 13.8. The standard InChI is InChI=1S/C27H26N6O2/c1-17-12-13-18(2)22(16-17)28-25(34)20(4)32-27(35)23-24(19(3)29-32)30-33(21-10-6-5-7-11-21)26(23)31-14-8-9-15-31/h5-16,20H,1-4H3,(H,28,34). The minimum atomic E-state index is -0.830. The van der Waals surface area contributed by atoms with E-state index in [9.17, 15) is 9.59 Å². The number of carbonyl (C=O) groups is 1. The molecule has 0 saturated heterocycles. The molecule has 1 unspecified atom stereocenters. The molecule has 1 N–H and O–H groups in total. The first-order chi connectivity index (χ1) is 16.8. The van der Waals surface area contributed by atoms with Gasteiger partial charge in [0.05, 0.1) is 11.4 Å². The Hall–Kier alpha value is -4.46. The van der Waals surface area contributed by atoms with Crippen LogP contribution in [0.15, 0.2) is 77.9 Å². The van der Waals surface area contributed by atoms with Crippen molar-refractivity contribution in [1.82, 2.24) is 24.1 Å². The molecule has 0 aliphatic heterocycles. The van der Waals surface area contributed by atoms with Crippen LogP contribution in [-0.4, -0.2) is 30.0 Å². The summed E-state index contributed by atoms with van der Waals surface area (Å²) in [5.41, 5.74) is 4.21. The molecular formula is C27H26N6O2. The Labute approximate surface area is 202 Å². The van der Waals surface area contributed by atoms with Gasteiger partial charge in [0.2, 0.25) is 5.91 Å². The number of aromatic nitrogens is 5. The number of hydrogen-bond acceptors (Lipinski definition) is 4. The minimum Gasteiger partial charge on any atom is -0.324 e. The van der Waals surface area contributed by atoms with Gasteiger partial charge in [-0.15, -0.1) is 0 Å². The number of fused-ring (bicyclic) bond motifs is 1. The van der Waals surface area contributed by atoms with E-state index in [1.165, 1.54) is 4.68 Å². The van der Waals surface area contributed by atoms with E-state index >= 15 is 0 Å².